The second-order valence-corrected chi connectivity index (χ2v) is 9.47. The predicted octanol–water partition coefficient (Wildman–Crippen LogP) is 4.18. The molecule has 0 radical (unpaired) electrons. The van der Waals surface area contributed by atoms with Gasteiger partial charge in [-0.15, -0.1) is 0 Å². The zero-order valence-electron chi connectivity index (χ0n) is 21.4. The molecule has 2 heterocycles. The minimum atomic E-state index is -1.26. The topological polar surface area (TPSA) is 114 Å². The molecule has 0 spiro atoms. The fraction of sp³-hybridized carbons (Fsp3) is 0.464. The maximum Gasteiger partial charge on any atom is 0.328 e. The van der Waals surface area contributed by atoms with Crippen molar-refractivity contribution in [3.8, 4) is 0 Å². The van der Waals surface area contributed by atoms with E-state index in [1.54, 1.807) is 0 Å². The van der Waals surface area contributed by atoms with Crippen LogP contribution in [-0.2, 0) is 20.8 Å². The van der Waals surface area contributed by atoms with Gasteiger partial charge in [0.15, 0.2) is 0 Å². The van der Waals surface area contributed by atoms with Crippen LogP contribution in [0.4, 0.5) is 0 Å². The number of rotatable bonds is 9. The van der Waals surface area contributed by atoms with Crippen molar-refractivity contribution in [3.05, 3.63) is 53.8 Å². The third-order valence-electron chi connectivity index (χ3n) is 6.83. The first-order chi connectivity index (χ1) is 17.3. The Morgan fingerprint density at radius 3 is 2.31 bits per heavy atom. The number of carbonyl (C=O) groups excluding carboxylic acids is 1. The number of carboxylic acids is 2. The molecule has 0 saturated carbocycles. The van der Waals surface area contributed by atoms with Crippen LogP contribution in [-0.4, -0.2) is 75.6 Å². The van der Waals surface area contributed by atoms with Crippen molar-refractivity contribution in [2.24, 2.45) is 5.92 Å². The summed E-state index contributed by atoms with van der Waals surface area (Å²) < 4.78 is 0. The molecular formula is C28H37N3O5. The number of aromatic amines is 1. The number of likely N-dealkylation sites (N-methyl/N-ethyl adjacent to an activating group) is 1. The number of hydrogen-bond acceptors (Lipinski definition) is 4. The SMILES string of the molecule is CCCCN(CCCC)C(=O)C1C=C2c3cccc4[nH]cc(c34)CC2N(C)C1.O=C(O)/C=C/C(=O)O. The maximum atomic E-state index is 13.4. The van der Waals surface area contributed by atoms with Gasteiger partial charge in [-0.2, -0.15) is 0 Å². The summed E-state index contributed by atoms with van der Waals surface area (Å²) in [6.07, 6.45) is 11.0. The molecule has 2 aromatic rings. The van der Waals surface area contributed by atoms with E-state index in [0.29, 0.717) is 24.1 Å². The van der Waals surface area contributed by atoms with Gasteiger partial charge in [0.2, 0.25) is 5.91 Å². The second kappa shape index (κ2) is 12.5. The Balaban J connectivity index is 0.000000392. The van der Waals surface area contributed by atoms with Gasteiger partial charge >= 0.3 is 11.9 Å². The van der Waals surface area contributed by atoms with Crippen LogP contribution in [0.15, 0.2) is 42.6 Å². The molecule has 0 saturated heterocycles. The lowest BCUT2D eigenvalue weighted by atomic mass is 9.79. The molecule has 0 fully saturated rings. The molecule has 1 aromatic heterocycles. The highest BCUT2D eigenvalue weighted by Crippen LogP contribution is 2.41. The van der Waals surface area contributed by atoms with Gasteiger partial charge in [0, 0.05) is 54.9 Å². The summed E-state index contributed by atoms with van der Waals surface area (Å²) in [5.74, 6) is -2.24. The van der Waals surface area contributed by atoms with E-state index in [4.69, 9.17) is 10.2 Å². The number of nitrogens with zero attached hydrogens (tertiary/aromatic N) is 2. The van der Waals surface area contributed by atoms with E-state index in [2.05, 4.69) is 66.2 Å². The standard InChI is InChI=1S/C24H33N3O.C4H4O4/c1-4-6-11-27(12-7-5-2)24(28)18-13-20-19-9-8-10-21-23(19)17(15-25-21)14-22(20)26(3)16-18;5-3(6)1-2-4(7)8/h8-10,13,15,18,22,25H,4-7,11-12,14,16H2,1-3H3;1-2H,(H,5,6)(H,7,8)/b;2-1+. The molecule has 4 rings (SSSR count). The average molecular weight is 496 g/mol. The first-order valence-electron chi connectivity index (χ1n) is 12.7. The van der Waals surface area contributed by atoms with Crippen LogP contribution >= 0.6 is 0 Å². The van der Waals surface area contributed by atoms with E-state index in [0.717, 1.165) is 51.7 Å². The molecule has 1 amide bonds. The van der Waals surface area contributed by atoms with Crippen molar-refractivity contribution in [3.63, 3.8) is 0 Å². The van der Waals surface area contributed by atoms with Gasteiger partial charge in [-0.05, 0) is 49.1 Å². The molecular weight excluding hydrogens is 458 g/mol. The number of unbranched alkanes of at least 4 members (excludes halogenated alkanes) is 2. The van der Waals surface area contributed by atoms with E-state index in [-0.39, 0.29) is 5.92 Å². The maximum absolute atomic E-state index is 13.4. The Bertz CT molecular complexity index is 1130. The minimum Gasteiger partial charge on any atom is -0.478 e. The van der Waals surface area contributed by atoms with Gasteiger partial charge < -0.3 is 20.1 Å². The van der Waals surface area contributed by atoms with Gasteiger partial charge in [0.05, 0.1) is 5.92 Å². The average Bonchev–Trinajstić information content (AvgIpc) is 3.27. The highest BCUT2D eigenvalue weighted by atomic mass is 16.4. The van der Waals surface area contributed by atoms with E-state index < -0.39 is 11.9 Å². The number of hydrogen-bond donors (Lipinski definition) is 3. The summed E-state index contributed by atoms with van der Waals surface area (Å²) in [7, 11) is 2.18. The summed E-state index contributed by atoms with van der Waals surface area (Å²) in [6.45, 7) is 6.98. The fourth-order valence-electron chi connectivity index (χ4n) is 5.01. The van der Waals surface area contributed by atoms with Crippen LogP contribution in [0.5, 0.6) is 0 Å². The molecule has 3 N–H and O–H groups in total. The van der Waals surface area contributed by atoms with Crippen molar-refractivity contribution in [2.45, 2.75) is 52.0 Å². The van der Waals surface area contributed by atoms with E-state index in [1.807, 2.05) is 0 Å². The number of carboxylic acid groups (broad SMARTS) is 2. The van der Waals surface area contributed by atoms with Gasteiger partial charge in [-0.25, -0.2) is 9.59 Å². The molecule has 2 atom stereocenters. The summed E-state index contributed by atoms with van der Waals surface area (Å²) >= 11 is 0. The van der Waals surface area contributed by atoms with Gasteiger partial charge in [0.1, 0.15) is 0 Å². The Hall–Kier alpha value is -3.39. The Morgan fingerprint density at radius 2 is 1.72 bits per heavy atom. The number of H-pyrrole nitrogens is 1. The van der Waals surface area contributed by atoms with E-state index in [9.17, 15) is 14.4 Å². The van der Waals surface area contributed by atoms with Gasteiger partial charge in [0.25, 0.3) is 0 Å². The van der Waals surface area contributed by atoms with Crippen molar-refractivity contribution in [1.82, 2.24) is 14.8 Å². The van der Waals surface area contributed by atoms with Crippen LogP contribution in [0.2, 0.25) is 0 Å². The lowest BCUT2D eigenvalue weighted by molar-refractivity contribution is -0.135. The lowest BCUT2D eigenvalue weighted by Gasteiger charge is -2.40. The summed E-state index contributed by atoms with van der Waals surface area (Å²) in [6, 6.07) is 6.87. The minimum absolute atomic E-state index is 0.0410. The number of nitrogens with one attached hydrogen (secondary N) is 1. The monoisotopic (exact) mass is 495 g/mol. The normalized spacial score (nSPS) is 18.8. The number of fused-ring (bicyclic) bond motifs is 2. The zero-order valence-corrected chi connectivity index (χ0v) is 21.4. The van der Waals surface area contributed by atoms with E-state index in [1.165, 1.54) is 27.6 Å². The van der Waals surface area contributed by atoms with Crippen LogP contribution in [0, 0.1) is 5.92 Å². The van der Waals surface area contributed by atoms with Crippen molar-refractivity contribution in [2.75, 3.05) is 26.7 Å². The Morgan fingerprint density at radius 1 is 1.08 bits per heavy atom. The molecule has 36 heavy (non-hydrogen) atoms. The summed E-state index contributed by atoms with van der Waals surface area (Å²) in [5.41, 5.74) is 5.26. The van der Waals surface area contributed by atoms with Gasteiger partial charge in [-0.3, -0.25) is 9.69 Å². The van der Waals surface area contributed by atoms with Crippen molar-refractivity contribution < 1.29 is 24.6 Å². The molecule has 1 aromatic carbocycles. The quantitative estimate of drug-likeness (QED) is 0.450. The molecule has 1 aliphatic carbocycles. The number of aliphatic carboxylic acids is 2. The fourth-order valence-corrected chi connectivity index (χ4v) is 5.01. The zero-order chi connectivity index (χ0) is 26.2. The molecule has 2 unspecified atom stereocenters. The number of aromatic nitrogens is 1. The van der Waals surface area contributed by atoms with Crippen LogP contribution in [0.3, 0.4) is 0 Å². The third kappa shape index (κ3) is 6.43. The van der Waals surface area contributed by atoms with Gasteiger partial charge in [-0.1, -0.05) is 44.9 Å². The number of carbonyl (C=O) groups is 3. The Labute approximate surface area is 212 Å². The number of amides is 1. The molecule has 8 heteroatoms. The van der Waals surface area contributed by atoms with E-state index >= 15 is 0 Å². The molecule has 2 aliphatic rings. The van der Waals surface area contributed by atoms with Crippen LogP contribution in [0.25, 0.3) is 16.5 Å². The highest BCUT2D eigenvalue weighted by Gasteiger charge is 2.36. The molecule has 0 bridgehead atoms. The largest absolute Gasteiger partial charge is 0.478 e. The van der Waals surface area contributed by atoms with Crippen molar-refractivity contribution in [1.29, 1.82) is 0 Å². The smallest absolute Gasteiger partial charge is 0.328 e. The predicted molar refractivity (Wildman–Crippen MR) is 141 cm³/mol. The summed E-state index contributed by atoms with van der Waals surface area (Å²) in [5, 5.41) is 17.0. The van der Waals surface area contributed by atoms with Crippen molar-refractivity contribution >= 4 is 34.3 Å². The third-order valence-corrected chi connectivity index (χ3v) is 6.83. The lowest BCUT2D eigenvalue weighted by Crippen LogP contribution is -2.48. The van der Waals surface area contributed by atoms with Crippen LogP contribution in [0.1, 0.15) is 50.7 Å². The molecule has 194 valence electrons. The second-order valence-electron chi connectivity index (χ2n) is 9.47. The summed E-state index contributed by atoms with van der Waals surface area (Å²) in [4.78, 5) is 40.5. The molecule has 8 nitrogen and oxygen atoms in total. The first-order valence-corrected chi connectivity index (χ1v) is 12.7. The highest BCUT2D eigenvalue weighted by molar-refractivity contribution is 5.99. The van der Waals surface area contributed by atoms with Crippen LogP contribution < -0.4 is 0 Å². The number of benzene rings is 1. The molecule has 1 aliphatic heterocycles. The first kappa shape index (κ1) is 27.2. The Kier molecular flexibility index (Phi) is 9.47.